The van der Waals surface area contributed by atoms with Gasteiger partial charge in [0.1, 0.15) is 4.21 Å². The second kappa shape index (κ2) is 12.2. The van der Waals surface area contributed by atoms with Crippen LogP contribution in [0.4, 0.5) is 0 Å². The number of nitrogens with zero attached hydrogens (tertiary/aromatic N) is 1. The summed E-state index contributed by atoms with van der Waals surface area (Å²) in [6, 6.07) is 23.0. The highest BCUT2D eigenvalue weighted by atomic mass is 35.5. The van der Waals surface area contributed by atoms with Crippen LogP contribution in [0.5, 0.6) is 0 Å². The van der Waals surface area contributed by atoms with Gasteiger partial charge in [-0.3, -0.25) is 9.59 Å². The van der Waals surface area contributed by atoms with E-state index in [0.29, 0.717) is 21.0 Å². The third-order valence-electron chi connectivity index (χ3n) is 5.33. The van der Waals surface area contributed by atoms with E-state index in [1.54, 1.807) is 43.0 Å². The molecule has 0 radical (unpaired) electrons. The number of thiophene rings is 1. The van der Waals surface area contributed by atoms with Gasteiger partial charge in [0.05, 0.1) is 23.5 Å². The van der Waals surface area contributed by atoms with Crippen molar-refractivity contribution < 1.29 is 18.9 Å². The van der Waals surface area contributed by atoms with Gasteiger partial charge in [0.25, 0.3) is 0 Å². The Morgan fingerprint density at radius 1 is 0.971 bits per heavy atom. The van der Waals surface area contributed by atoms with Crippen molar-refractivity contribution in [2.45, 2.75) is 24.0 Å². The lowest BCUT2D eigenvalue weighted by Gasteiger charge is -2.06. The molecule has 7 heteroatoms. The van der Waals surface area contributed by atoms with Gasteiger partial charge in [0, 0.05) is 28.5 Å². The number of esters is 1. The van der Waals surface area contributed by atoms with Crippen molar-refractivity contribution in [2.75, 3.05) is 12.4 Å². The predicted octanol–water partition coefficient (Wildman–Crippen LogP) is 6.35. The number of thioether (sulfide) groups is 1. The van der Waals surface area contributed by atoms with Crippen LogP contribution in [0.15, 0.2) is 89.4 Å². The standard InChI is InChI=1S/C28H25ClNO3S2/c1-2-33-24(31)19-23-25(30-16-7-4-8-17-30)28(34-18-15-20-9-5-3-6-10-20)35-27(23)26(32)21-11-13-22(29)14-12-21/h3-14,16-17H,2,15,18-19H2,1H3/q+1. The van der Waals surface area contributed by atoms with Crippen LogP contribution in [-0.2, 0) is 22.4 Å². The maximum Gasteiger partial charge on any atom is 0.310 e. The second-order valence-corrected chi connectivity index (χ2v) is 10.6. The van der Waals surface area contributed by atoms with Gasteiger partial charge in [0.2, 0.25) is 11.5 Å². The summed E-state index contributed by atoms with van der Waals surface area (Å²) in [7, 11) is 0. The first kappa shape index (κ1) is 25.2. The molecule has 4 nitrogen and oxygen atoms in total. The lowest BCUT2D eigenvalue weighted by molar-refractivity contribution is -0.598. The smallest absolute Gasteiger partial charge is 0.310 e. The van der Waals surface area contributed by atoms with Crippen LogP contribution in [0.25, 0.3) is 5.69 Å². The van der Waals surface area contributed by atoms with E-state index in [1.165, 1.54) is 16.9 Å². The largest absolute Gasteiger partial charge is 0.466 e. The van der Waals surface area contributed by atoms with Crippen LogP contribution in [0.1, 0.15) is 33.3 Å². The number of aryl methyl sites for hydroxylation is 1. The minimum absolute atomic E-state index is 0.0233. The van der Waals surface area contributed by atoms with Crippen molar-refractivity contribution in [3.05, 3.63) is 112 Å². The normalized spacial score (nSPS) is 10.8. The molecule has 0 aliphatic carbocycles. The maximum atomic E-state index is 13.6. The van der Waals surface area contributed by atoms with E-state index < -0.39 is 0 Å². The summed E-state index contributed by atoms with van der Waals surface area (Å²) in [6.07, 6.45) is 4.80. The first-order chi connectivity index (χ1) is 17.1. The first-order valence-electron chi connectivity index (χ1n) is 11.3. The topological polar surface area (TPSA) is 47.3 Å². The van der Waals surface area contributed by atoms with Gasteiger partial charge in [-0.15, -0.1) is 23.1 Å². The molecule has 0 atom stereocenters. The fourth-order valence-corrected chi connectivity index (χ4v) is 6.45. The summed E-state index contributed by atoms with van der Waals surface area (Å²) in [5, 5.41) is 0.567. The zero-order chi connectivity index (χ0) is 24.6. The number of halogens is 1. The molecule has 4 rings (SSSR count). The highest BCUT2D eigenvalue weighted by Gasteiger charge is 2.31. The minimum Gasteiger partial charge on any atom is -0.466 e. The molecule has 178 valence electrons. The van der Waals surface area contributed by atoms with Gasteiger partial charge in [0.15, 0.2) is 12.4 Å². The van der Waals surface area contributed by atoms with Crippen LogP contribution in [-0.4, -0.2) is 24.1 Å². The third kappa shape index (κ3) is 6.40. The third-order valence-corrected chi connectivity index (χ3v) is 8.06. The van der Waals surface area contributed by atoms with Crippen molar-refractivity contribution in [3.63, 3.8) is 0 Å². The van der Waals surface area contributed by atoms with E-state index in [-0.39, 0.29) is 24.8 Å². The number of ketones is 1. The molecule has 0 fully saturated rings. The molecular weight excluding hydrogens is 498 g/mol. The number of aromatic nitrogens is 1. The Labute approximate surface area is 218 Å². The van der Waals surface area contributed by atoms with E-state index in [1.807, 2.05) is 53.4 Å². The molecule has 0 N–H and O–H groups in total. The number of carbonyl (C=O) groups excluding carboxylic acids is 2. The molecule has 2 aromatic heterocycles. The number of carbonyl (C=O) groups is 2. The number of rotatable bonds is 10. The van der Waals surface area contributed by atoms with Crippen LogP contribution in [0.2, 0.25) is 5.02 Å². The predicted molar refractivity (Wildman–Crippen MR) is 142 cm³/mol. The molecule has 0 saturated carbocycles. The van der Waals surface area contributed by atoms with Gasteiger partial charge in [-0.1, -0.05) is 48.0 Å². The van der Waals surface area contributed by atoms with E-state index in [9.17, 15) is 9.59 Å². The van der Waals surface area contributed by atoms with Crippen molar-refractivity contribution in [2.24, 2.45) is 0 Å². The summed E-state index contributed by atoms with van der Waals surface area (Å²) in [6.45, 7) is 2.07. The first-order valence-corrected chi connectivity index (χ1v) is 13.5. The summed E-state index contributed by atoms with van der Waals surface area (Å²) >= 11 is 9.17. The maximum absolute atomic E-state index is 13.6. The average molecular weight is 523 g/mol. The number of pyridine rings is 1. The van der Waals surface area contributed by atoms with Crippen LogP contribution >= 0.6 is 34.7 Å². The van der Waals surface area contributed by atoms with Gasteiger partial charge < -0.3 is 4.74 Å². The zero-order valence-corrected chi connectivity index (χ0v) is 21.7. The van der Waals surface area contributed by atoms with Gasteiger partial charge in [-0.25, -0.2) is 0 Å². The van der Waals surface area contributed by atoms with E-state index in [0.717, 1.165) is 22.1 Å². The van der Waals surface area contributed by atoms with E-state index >= 15 is 0 Å². The molecule has 0 unspecified atom stereocenters. The van der Waals surface area contributed by atoms with Crippen LogP contribution < -0.4 is 4.57 Å². The Morgan fingerprint density at radius 3 is 2.34 bits per heavy atom. The molecule has 0 amide bonds. The highest BCUT2D eigenvalue weighted by Crippen LogP contribution is 2.38. The van der Waals surface area contributed by atoms with Crippen molar-refractivity contribution >= 4 is 46.5 Å². The monoisotopic (exact) mass is 522 g/mol. The van der Waals surface area contributed by atoms with Gasteiger partial charge >= 0.3 is 5.97 Å². The number of benzene rings is 2. The Morgan fingerprint density at radius 2 is 1.66 bits per heavy atom. The molecule has 0 bridgehead atoms. The van der Waals surface area contributed by atoms with E-state index in [4.69, 9.17) is 16.3 Å². The Kier molecular flexibility index (Phi) is 8.74. The number of hydrogen-bond donors (Lipinski definition) is 0. The lowest BCUT2D eigenvalue weighted by Crippen LogP contribution is -2.31. The van der Waals surface area contributed by atoms with Crippen LogP contribution in [0.3, 0.4) is 0 Å². The Balaban J connectivity index is 1.76. The molecule has 2 aromatic carbocycles. The van der Waals surface area contributed by atoms with Gasteiger partial charge in [-0.05, 0) is 43.2 Å². The van der Waals surface area contributed by atoms with Crippen molar-refractivity contribution in [1.82, 2.24) is 0 Å². The Hall–Kier alpha value is -2.93. The van der Waals surface area contributed by atoms with Gasteiger partial charge in [-0.2, -0.15) is 4.57 Å². The highest BCUT2D eigenvalue weighted by molar-refractivity contribution is 8.01. The minimum atomic E-state index is -0.353. The summed E-state index contributed by atoms with van der Waals surface area (Å²) in [5.74, 6) is 0.367. The Bertz CT molecular complexity index is 1290. The summed E-state index contributed by atoms with van der Waals surface area (Å²) in [5.41, 5.74) is 3.34. The van der Waals surface area contributed by atoms with Crippen molar-refractivity contribution in [3.8, 4) is 5.69 Å². The molecule has 0 aliphatic rings. The summed E-state index contributed by atoms with van der Waals surface area (Å²) < 4.78 is 8.24. The molecule has 0 aliphatic heterocycles. The fourth-order valence-electron chi connectivity index (χ4n) is 3.68. The van der Waals surface area contributed by atoms with E-state index in [2.05, 4.69) is 12.1 Å². The number of hydrogen-bond acceptors (Lipinski definition) is 5. The fraction of sp³-hybridized carbons (Fsp3) is 0.179. The van der Waals surface area contributed by atoms with Crippen LogP contribution in [0, 0.1) is 0 Å². The number of ether oxygens (including phenoxy) is 1. The SMILES string of the molecule is CCOC(=O)Cc1c(C(=O)c2ccc(Cl)cc2)sc(SCCc2ccccc2)c1-[n+]1ccccc1. The zero-order valence-electron chi connectivity index (χ0n) is 19.3. The average Bonchev–Trinajstić information content (AvgIpc) is 3.23. The quantitative estimate of drug-likeness (QED) is 0.105. The lowest BCUT2D eigenvalue weighted by atomic mass is 10.0. The van der Waals surface area contributed by atoms with Crippen molar-refractivity contribution in [1.29, 1.82) is 0 Å². The molecule has 4 aromatic rings. The molecular formula is C28H25ClNO3S2+. The summed E-state index contributed by atoms with van der Waals surface area (Å²) in [4.78, 5) is 26.8. The molecule has 0 saturated heterocycles. The second-order valence-electron chi connectivity index (χ2n) is 7.73. The molecule has 2 heterocycles. The molecule has 0 spiro atoms. The molecule has 35 heavy (non-hydrogen) atoms.